The Balaban J connectivity index is 1.84. The zero-order valence-corrected chi connectivity index (χ0v) is 14.5. The minimum Gasteiger partial charge on any atom is -0.440 e. The lowest BCUT2D eigenvalue weighted by Crippen LogP contribution is -2.11. The zero-order chi connectivity index (χ0) is 16.9. The van der Waals surface area contributed by atoms with Crippen LogP contribution in [0.2, 0.25) is 15.1 Å². The number of nitrogens with zero attached hydrogens (tertiary/aromatic N) is 1. The van der Waals surface area contributed by atoms with E-state index in [2.05, 4.69) is 10.3 Å². The Kier molecular flexibility index (Phi) is 3.71. The van der Waals surface area contributed by atoms with Gasteiger partial charge in [-0.3, -0.25) is 4.79 Å². The van der Waals surface area contributed by atoms with Crippen LogP contribution in [-0.4, -0.2) is 11.4 Å². The molecule has 0 aliphatic heterocycles. The SMILES string of the molecule is O=CNc1cc(Cl)c(C2(c3nc4ccc(Cl)cc4o3)CC2)c(Cl)c1. The molecule has 0 atom stereocenters. The highest BCUT2D eigenvalue weighted by molar-refractivity contribution is 6.37. The van der Waals surface area contributed by atoms with E-state index in [0.717, 1.165) is 23.9 Å². The molecule has 0 saturated heterocycles. The fourth-order valence-electron chi connectivity index (χ4n) is 2.98. The zero-order valence-electron chi connectivity index (χ0n) is 12.3. The monoisotopic (exact) mass is 380 g/mol. The molecule has 1 fully saturated rings. The van der Waals surface area contributed by atoms with Gasteiger partial charge in [-0.15, -0.1) is 0 Å². The van der Waals surface area contributed by atoms with Gasteiger partial charge in [0, 0.05) is 32.4 Å². The largest absolute Gasteiger partial charge is 0.440 e. The van der Waals surface area contributed by atoms with Crippen molar-refractivity contribution in [2.75, 3.05) is 5.32 Å². The summed E-state index contributed by atoms with van der Waals surface area (Å²) in [6.45, 7) is 0. The van der Waals surface area contributed by atoms with E-state index in [1.165, 1.54) is 0 Å². The van der Waals surface area contributed by atoms with Crippen molar-refractivity contribution in [2.24, 2.45) is 0 Å². The minimum absolute atomic E-state index is 0.431. The maximum absolute atomic E-state index is 10.6. The Hall–Kier alpha value is -1.75. The Morgan fingerprint density at radius 1 is 1.12 bits per heavy atom. The predicted molar refractivity (Wildman–Crippen MR) is 95.2 cm³/mol. The molecule has 4 nitrogen and oxygen atoms in total. The molecular formula is C17H11Cl3N2O2. The summed E-state index contributed by atoms with van der Waals surface area (Å²) in [6, 6.07) is 8.69. The van der Waals surface area contributed by atoms with Crippen LogP contribution in [0.25, 0.3) is 11.1 Å². The van der Waals surface area contributed by atoms with Gasteiger partial charge >= 0.3 is 0 Å². The van der Waals surface area contributed by atoms with Gasteiger partial charge in [0.2, 0.25) is 12.3 Å². The van der Waals surface area contributed by atoms with Gasteiger partial charge in [0.25, 0.3) is 0 Å². The molecule has 0 radical (unpaired) electrons. The molecule has 3 aromatic rings. The number of anilines is 1. The van der Waals surface area contributed by atoms with Crippen LogP contribution in [0.4, 0.5) is 5.69 Å². The van der Waals surface area contributed by atoms with Crippen molar-refractivity contribution >= 4 is 58.0 Å². The number of rotatable bonds is 4. The molecule has 122 valence electrons. The van der Waals surface area contributed by atoms with E-state index in [1.807, 2.05) is 6.07 Å². The first-order chi connectivity index (χ1) is 11.5. The number of nitrogens with one attached hydrogen (secondary N) is 1. The highest BCUT2D eigenvalue weighted by Gasteiger charge is 2.52. The van der Waals surface area contributed by atoms with Crippen LogP contribution < -0.4 is 5.32 Å². The number of hydrogen-bond donors (Lipinski definition) is 1. The number of aromatic nitrogens is 1. The summed E-state index contributed by atoms with van der Waals surface area (Å²) >= 11 is 18.9. The van der Waals surface area contributed by atoms with E-state index >= 15 is 0 Å². The van der Waals surface area contributed by atoms with Crippen molar-refractivity contribution in [1.82, 2.24) is 4.98 Å². The van der Waals surface area contributed by atoms with Gasteiger partial charge in [-0.25, -0.2) is 4.98 Å². The summed E-state index contributed by atoms with van der Waals surface area (Å²) in [6.07, 6.45) is 2.26. The number of fused-ring (bicyclic) bond motifs is 1. The second-order valence-corrected chi connectivity index (χ2v) is 7.04. The molecule has 1 aromatic heterocycles. The number of hydrogen-bond acceptors (Lipinski definition) is 3. The fraction of sp³-hybridized carbons (Fsp3) is 0.176. The molecule has 24 heavy (non-hydrogen) atoms. The van der Waals surface area contributed by atoms with Gasteiger partial charge < -0.3 is 9.73 Å². The summed E-state index contributed by atoms with van der Waals surface area (Å²) in [4.78, 5) is 15.2. The molecule has 1 saturated carbocycles. The summed E-state index contributed by atoms with van der Waals surface area (Å²) in [7, 11) is 0. The second-order valence-electron chi connectivity index (χ2n) is 5.79. The summed E-state index contributed by atoms with van der Waals surface area (Å²) in [5, 5.41) is 4.10. The maximum Gasteiger partial charge on any atom is 0.211 e. The molecule has 4 rings (SSSR count). The molecule has 1 aliphatic rings. The third kappa shape index (κ3) is 2.46. The Labute approximate surface area is 152 Å². The molecule has 0 unspecified atom stereocenters. The van der Waals surface area contributed by atoms with Crippen LogP contribution in [-0.2, 0) is 10.2 Å². The molecule has 7 heteroatoms. The number of benzene rings is 2. The van der Waals surface area contributed by atoms with Crippen molar-refractivity contribution in [3.63, 3.8) is 0 Å². The summed E-state index contributed by atoms with van der Waals surface area (Å²) in [5.41, 5.74) is 2.27. The maximum atomic E-state index is 10.6. The Morgan fingerprint density at radius 2 is 1.83 bits per heavy atom. The lowest BCUT2D eigenvalue weighted by molar-refractivity contribution is -0.105. The first-order valence-corrected chi connectivity index (χ1v) is 8.43. The Bertz CT molecular complexity index is 941. The topological polar surface area (TPSA) is 55.1 Å². The normalized spacial score (nSPS) is 15.5. The molecule has 1 amide bonds. The van der Waals surface area contributed by atoms with Crippen molar-refractivity contribution < 1.29 is 9.21 Å². The number of oxazole rings is 1. The summed E-state index contributed by atoms with van der Waals surface area (Å²) < 4.78 is 5.93. The second kappa shape index (κ2) is 5.66. The quantitative estimate of drug-likeness (QED) is 0.613. The highest BCUT2D eigenvalue weighted by atomic mass is 35.5. The number of carbonyl (C=O) groups is 1. The van der Waals surface area contributed by atoms with E-state index in [0.29, 0.717) is 38.6 Å². The fourth-order valence-corrected chi connectivity index (χ4v) is 3.99. The first-order valence-electron chi connectivity index (χ1n) is 7.30. The average Bonchev–Trinajstić information content (AvgIpc) is 3.19. The molecule has 1 heterocycles. The lowest BCUT2D eigenvalue weighted by Gasteiger charge is -2.16. The Morgan fingerprint density at radius 3 is 2.46 bits per heavy atom. The van der Waals surface area contributed by atoms with E-state index in [-0.39, 0.29) is 0 Å². The van der Waals surface area contributed by atoms with Crippen LogP contribution in [0, 0.1) is 0 Å². The predicted octanol–water partition coefficient (Wildman–Crippen LogP) is 5.44. The molecule has 1 aliphatic carbocycles. The van der Waals surface area contributed by atoms with E-state index < -0.39 is 5.41 Å². The van der Waals surface area contributed by atoms with E-state index in [9.17, 15) is 4.79 Å². The summed E-state index contributed by atoms with van der Waals surface area (Å²) in [5.74, 6) is 0.583. The van der Waals surface area contributed by atoms with Crippen LogP contribution in [0.1, 0.15) is 24.3 Å². The number of halogens is 3. The molecule has 0 spiro atoms. The first kappa shape index (κ1) is 15.8. The average molecular weight is 382 g/mol. The molecular weight excluding hydrogens is 371 g/mol. The van der Waals surface area contributed by atoms with E-state index in [4.69, 9.17) is 39.2 Å². The minimum atomic E-state index is -0.431. The van der Waals surface area contributed by atoms with E-state index in [1.54, 1.807) is 24.3 Å². The third-order valence-corrected chi connectivity index (χ3v) is 5.09. The standard InChI is InChI=1S/C17H11Cl3N2O2/c18-9-1-2-13-14(5-9)24-16(22-13)17(3-4-17)15-11(19)6-10(21-8-23)7-12(15)20/h1-2,5-8H,3-4H2,(H,21,23). The van der Waals surface area contributed by atoms with Crippen molar-refractivity contribution in [3.05, 3.63) is 56.9 Å². The van der Waals surface area contributed by atoms with Gasteiger partial charge in [-0.2, -0.15) is 0 Å². The van der Waals surface area contributed by atoms with Crippen molar-refractivity contribution in [1.29, 1.82) is 0 Å². The smallest absolute Gasteiger partial charge is 0.211 e. The van der Waals surface area contributed by atoms with Gasteiger partial charge in [-0.05, 0) is 37.1 Å². The highest BCUT2D eigenvalue weighted by Crippen LogP contribution is 2.57. The molecule has 2 aromatic carbocycles. The number of amides is 1. The van der Waals surface area contributed by atoms with Crippen LogP contribution in [0.5, 0.6) is 0 Å². The van der Waals surface area contributed by atoms with Gasteiger partial charge in [-0.1, -0.05) is 34.8 Å². The van der Waals surface area contributed by atoms with Crippen LogP contribution in [0.15, 0.2) is 34.7 Å². The van der Waals surface area contributed by atoms with Gasteiger partial charge in [0.15, 0.2) is 5.58 Å². The van der Waals surface area contributed by atoms with Gasteiger partial charge in [0.05, 0.1) is 5.41 Å². The number of carbonyl (C=O) groups excluding carboxylic acids is 1. The lowest BCUT2D eigenvalue weighted by atomic mass is 9.95. The van der Waals surface area contributed by atoms with Crippen molar-refractivity contribution in [3.8, 4) is 0 Å². The van der Waals surface area contributed by atoms with Gasteiger partial charge in [0.1, 0.15) is 5.52 Å². The van der Waals surface area contributed by atoms with Crippen LogP contribution >= 0.6 is 34.8 Å². The third-order valence-electron chi connectivity index (χ3n) is 4.26. The van der Waals surface area contributed by atoms with Crippen LogP contribution in [0.3, 0.4) is 0 Å². The van der Waals surface area contributed by atoms with Crippen molar-refractivity contribution in [2.45, 2.75) is 18.3 Å². The molecule has 0 bridgehead atoms. The molecule has 1 N–H and O–H groups in total.